The molecule has 3 rings (SSSR count). The third-order valence-corrected chi connectivity index (χ3v) is 4.94. The first-order valence-electron chi connectivity index (χ1n) is 8.73. The van der Waals surface area contributed by atoms with Gasteiger partial charge in [0.05, 0.1) is 12.7 Å². The van der Waals surface area contributed by atoms with E-state index in [1.165, 1.54) is 18.4 Å². The lowest BCUT2D eigenvalue weighted by molar-refractivity contribution is -0.139. The van der Waals surface area contributed by atoms with E-state index in [-0.39, 0.29) is 6.54 Å². The third-order valence-electron chi connectivity index (χ3n) is 4.94. The van der Waals surface area contributed by atoms with Crippen molar-refractivity contribution in [1.29, 1.82) is 0 Å². The Morgan fingerprint density at radius 3 is 2.78 bits per heavy atom. The Hall–Kier alpha value is -1.40. The number of aliphatic carboxylic acids is 1. The summed E-state index contributed by atoms with van der Waals surface area (Å²) < 4.78 is 1.98. The van der Waals surface area contributed by atoms with Gasteiger partial charge in [-0.3, -0.25) is 14.4 Å². The molecule has 0 aromatic carbocycles. The second-order valence-corrected chi connectivity index (χ2v) is 7.39. The smallest absolute Gasteiger partial charge is 0.317 e. The van der Waals surface area contributed by atoms with E-state index in [1.807, 2.05) is 10.9 Å². The van der Waals surface area contributed by atoms with Crippen LogP contribution < -0.4 is 5.32 Å². The highest BCUT2D eigenvalue weighted by atomic mass is 16.4. The Kier molecular flexibility index (Phi) is 5.02. The zero-order valence-electron chi connectivity index (χ0n) is 14.1. The molecule has 0 bridgehead atoms. The molecule has 0 radical (unpaired) electrons. The van der Waals surface area contributed by atoms with E-state index < -0.39 is 5.97 Å². The van der Waals surface area contributed by atoms with Crippen molar-refractivity contribution in [2.75, 3.05) is 13.1 Å². The van der Waals surface area contributed by atoms with Crippen molar-refractivity contribution in [1.82, 2.24) is 20.0 Å². The predicted octanol–water partition coefficient (Wildman–Crippen LogP) is 1.88. The fourth-order valence-corrected chi connectivity index (χ4v) is 3.21. The molecule has 1 heterocycles. The molecule has 0 atom stereocenters. The summed E-state index contributed by atoms with van der Waals surface area (Å²) in [6.07, 6.45) is 8.66. The molecule has 2 aliphatic carbocycles. The number of nitrogens with zero attached hydrogens (tertiary/aromatic N) is 3. The first-order chi connectivity index (χ1) is 11.0. The van der Waals surface area contributed by atoms with E-state index in [4.69, 9.17) is 5.11 Å². The molecule has 1 aromatic rings. The van der Waals surface area contributed by atoms with Crippen molar-refractivity contribution >= 4 is 5.97 Å². The minimum atomic E-state index is -0.705. The highest BCUT2D eigenvalue weighted by molar-refractivity contribution is 5.69. The fourth-order valence-electron chi connectivity index (χ4n) is 3.21. The average Bonchev–Trinajstić information content (AvgIpc) is 3.11. The summed E-state index contributed by atoms with van der Waals surface area (Å²) in [6, 6.07) is 1.32. The Morgan fingerprint density at radius 2 is 2.22 bits per heavy atom. The molecule has 6 nitrogen and oxygen atoms in total. The van der Waals surface area contributed by atoms with E-state index in [1.54, 1.807) is 0 Å². The van der Waals surface area contributed by atoms with Gasteiger partial charge < -0.3 is 10.4 Å². The van der Waals surface area contributed by atoms with E-state index in [0.29, 0.717) is 18.1 Å². The molecule has 0 amide bonds. The molecule has 0 saturated heterocycles. The van der Waals surface area contributed by atoms with Crippen LogP contribution in [0.15, 0.2) is 12.4 Å². The lowest BCUT2D eigenvalue weighted by Crippen LogP contribution is -2.54. The number of nitrogens with one attached hydrogen (secondary N) is 1. The van der Waals surface area contributed by atoms with Gasteiger partial charge in [0.15, 0.2) is 0 Å². The highest BCUT2D eigenvalue weighted by Gasteiger charge is 2.36. The van der Waals surface area contributed by atoms with Crippen LogP contribution in [0.3, 0.4) is 0 Å². The Balaban J connectivity index is 1.41. The van der Waals surface area contributed by atoms with Crippen LogP contribution in [-0.2, 0) is 11.3 Å². The zero-order chi connectivity index (χ0) is 16.4. The summed E-state index contributed by atoms with van der Waals surface area (Å²) in [7, 11) is 0. The normalized spacial score (nSPS) is 24.2. The van der Waals surface area contributed by atoms with E-state index in [2.05, 4.69) is 35.4 Å². The van der Waals surface area contributed by atoms with Gasteiger partial charge in [-0.2, -0.15) is 5.10 Å². The van der Waals surface area contributed by atoms with Gasteiger partial charge in [-0.05, 0) is 45.4 Å². The van der Waals surface area contributed by atoms with Crippen LogP contribution in [0.5, 0.6) is 0 Å². The summed E-state index contributed by atoms with van der Waals surface area (Å²) in [5.74, 6) is 0.0337. The molecule has 2 saturated carbocycles. The summed E-state index contributed by atoms with van der Waals surface area (Å²) in [5, 5.41) is 17.0. The summed E-state index contributed by atoms with van der Waals surface area (Å²) in [4.78, 5) is 13.2. The Morgan fingerprint density at radius 1 is 1.48 bits per heavy atom. The number of carboxylic acid groups (broad SMARTS) is 1. The van der Waals surface area contributed by atoms with Gasteiger partial charge in [0.25, 0.3) is 0 Å². The van der Waals surface area contributed by atoms with Gasteiger partial charge in [0, 0.05) is 43.0 Å². The molecule has 6 heteroatoms. The Bertz CT molecular complexity index is 532. The largest absolute Gasteiger partial charge is 0.480 e. The summed E-state index contributed by atoms with van der Waals surface area (Å²) >= 11 is 0. The first-order valence-corrected chi connectivity index (χ1v) is 8.73. The second kappa shape index (κ2) is 7.01. The molecule has 23 heavy (non-hydrogen) atoms. The van der Waals surface area contributed by atoms with Crippen molar-refractivity contribution < 1.29 is 9.90 Å². The number of carbonyl (C=O) groups is 1. The molecule has 0 aliphatic heterocycles. The van der Waals surface area contributed by atoms with Crippen molar-refractivity contribution in [3.05, 3.63) is 18.0 Å². The van der Waals surface area contributed by atoms with Crippen LogP contribution in [-0.4, -0.2) is 50.9 Å². The number of hydrogen-bond donors (Lipinski definition) is 2. The van der Waals surface area contributed by atoms with Gasteiger partial charge in [-0.1, -0.05) is 0 Å². The zero-order valence-corrected chi connectivity index (χ0v) is 14.1. The van der Waals surface area contributed by atoms with Crippen molar-refractivity contribution in [3.63, 3.8) is 0 Å². The Labute approximate surface area is 137 Å². The average molecular weight is 320 g/mol. The third kappa shape index (κ3) is 4.54. The topological polar surface area (TPSA) is 70.4 Å². The molecule has 2 aliphatic rings. The maximum Gasteiger partial charge on any atom is 0.317 e. The lowest BCUT2D eigenvalue weighted by Gasteiger charge is -2.43. The summed E-state index contributed by atoms with van der Waals surface area (Å²) in [6.45, 7) is 6.24. The second-order valence-electron chi connectivity index (χ2n) is 7.39. The van der Waals surface area contributed by atoms with Crippen LogP contribution >= 0.6 is 0 Å². The van der Waals surface area contributed by atoms with Crippen LogP contribution in [0.1, 0.15) is 51.1 Å². The lowest BCUT2D eigenvalue weighted by atomic mass is 9.85. The molecular formula is C17H28N4O2. The monoisotopic (exact) mass is 320 g/mol. The maximum atomic E-state index is 11.0. The molecule has 128 valence electrons. The standard InChI is InChI=1S/C17H28N4O2/c1-12(2)21-10-14(8-19-21)7-18-15-5-16(6-15)20(11-17(22)23)9-13-3-4-13/h8,10,12-13,15-16,18H,3-7,9,11H2,1-2H3,(H,22,23). The first kappa shape index (κ1) is 16.5. The van der Waals surface area contributed by atoms with Gasteiger partial charge in [0.2, 0.25) is 0 Å². The highest BCUT2D eigenvalue weighted by Crippen LogP contribution is 2.33. The van der Waals surface area contributed by atoms with E-state index in [9.17, 15) is 4.79 Å². The maximum absolute atomic E-state index is 11.0. The molecule has 0 spiro atoms. The summed E-state index contributed by atoms with van der Waals surface area (Å²) in [5.41, 5.74) is 1.21. The molecule has 0 unspecified atom stereocenters. The van der Waals surface area contributed by atoms with Crippen molar-refractivity contribution in [2.24, 2.45) is 5.92 Å². The van der Waals surface area contributed by atoms with Crippen LogP contribution in [0.2, 0.25) is 0 Å². The molecule has 1 aromatic heterocycles. The predicted molar refractivity (Wildman–Crippen MR) is 88.2 cm³/mol. The fraction of sp³-hybridized carbons (Fsp3) is 0.765. The molecule has 2 N–H and O–H groups in total. The molecule has 2 fully saturated rings. The number of carboxylic acids is 1. The van der Waals surface area contributed by atoms with Crippen molar-refractivity contribution in [2.45, 2.75) is 64.2 Å². The number of rotatable bonds is 9. The quantitative estimate of drug-likeness (QED) is 0.727. The minimum Gasteiger partial charge on any atom is -0.480 e. The number of aromatic nitrogens is 2. The molecular weight excluding hydrogens is 292 g/mol. The van der Waals surface area contributed by atoms with Gasteiger partial charge in [0.1, 0.15) is 0 Å². The van der Waals surface area contributed by atoms with Gasteiger partial charge >= 0.3 is 5.97 Å². The minimum absolute atomic E-state index is 0.190. The van der Waals surface area contributed by atoms with Crippen molar-refractivity contribution in [3.8, 4) is 0 Å². The van der Waals surface area contributed by atoms with Crippen LogP contribution in [0, 0.1) is 5.92 Å². The van der Waals surface area contributed by atoms with Crippen LogP contribution in [0.4, 0.5) is 0 Å². The van der Waals surface area contributed by atoms with E-state index >= 15 is 0 Å². The van der Waals surface area contributed by atoms with Gasteiger partial charge in [-0.15, -0.1) is 0 Å². The van der Waals surface area contributed by atoms with Gasteiger partial charge in [-0.25, -0.2) is 0 Å². The SMILES string of the molecule is CC(C)n1cc(CNC2CC(N(CC(=O)O)CC3CC3)C2)cn1. The van der Waals surface area contributed by atoms with Crippen LogP contribution in [0.25, 0.3) is 0 Å². The number of hydrogen-bond acceptors (Lipinski definition) is 4. The van der Waals surface area contributed by atoms with E-state index in [0.717, 1.165) is 31.8 Å².